The van der Waals surface area contributed by atoms with Gasteiger partial charge in [-0.05, 0) is 37.5 Å². The summed E-state index contributed by atoms with van der Waals surface area (Å²) in [6.45, 7) is 2.68. The lowest BCUT2D eigenvalue weighted by Gasteiger charge is -2.43. The molecule has 0 amide bonds. The Kier molecular flexibility index (Phi) is 2.67. The molecule has 2 rings (SSSR count). The Morgan fingerprint density at radius 1 is 1.47 bits per heavy atom. The number of nitrogen functional groups attached to an aromatic ring is 1. The molecule has 0 bridgehead atoms. The van der Waals surface area contributed by atoms with E-state index in [-0.39, 0.29) is 6.04 Å². The molecule has 4 N–H and O–H groups in total. The zero-order chi connectivity index (χ0) is 10.9. The molecule has 1 aromatic rings. The third kappa shape index (κ3) is 2.30. The van der Waals surface area contributed by atoms with Gasteiger partial charge in [-0.15, -0.1) is 0 Å². The molecule has 82 valence electrons. The van der Waals surface area contributed by atoms with Crippen molar-refractivity contribution in [1.82, 2.24) is 5.32 Å². The highest BCUT2D eigenvalue weighted by Gasteiger charge is 2.40. The molecular formula is C12H18N2O. The summed E-state index contributed by atoms with van der Waals surface area (Å²) in [6.07, 6.45) is 1.95. The lowest BCUT2D eigenvalue weighted by atomic mass is 9.76. The van der Waals surface area contributed by atoms with Gasteiger partial charge in [-0.1, -0.05) is 12.1 Å². The molecule has 1 aromatic carbocycles. The number of rotatable bonds is 3. The first-order chi connectivity index (χ1) is 7.08. The molecule has 0 spiro atoms. The Balaban J connectivity index is 1.86. The molecule has 0 saturated heterocycles. The first-order valence-corrected chi connectivity index (χ1v) is 5.38. The van der Waals surface area contributed by atoms with Crippen LogP contribution in [0, 0.1) is 0 Å². The number of hydrogen-bond donors (Lipinski definition) is 3. The zero-order valence-corrected chi connectivity index (χ0v) is 9.03. The van der Waals surface area contributed by atoms with Crippen LogP contribution in [0.25, 0.3) is 0 Å². The van der Waals surface area contributed by atoms with Crippen LogP contribution in [0.1, 0.15) is 25.3 Å². The standard InChI is InChI=1S/C12H18N2O/c1-12(15)7-6-11(12)14-8-9-2-4-10(13)5-3-9/h2-5,11,14-15H,6-8,13H2,1H3/t11-,12-/m0/s1. The van der Waals surface area contributed by atoms with Crippen molar-refractivity contribution in [2.24, 2.45) is 0 Å². The summed E-state index contributed by atoms with van der Waals surface area (Å²) in [4.78, 5) is 0. The predicted octanol–water partition coefficient (Wildman–Crippen LogP) is 1.27. The Morgan fingerprint density at radius 3 is 2.60 bits per heavy atom. The van der Waals surface area contributed by atoms with E-state index in [4.69, 9.17) is 5.73 Å². The summed E-state index contributed by atoms with van der Waals surface area (Å²) in [5, 5.41) is 13.2. The average molecular weight is 206 g/mol. The summed E-state index contributed by atoms with van der Waals surface area (Å²) in [5.41, 5.74) is 7.07. The smallest absolute Gasteiger partial charge is 0.0772 e. The minimum atomic E-state index is -0.520. The fraction of sp³-hybridized carbons (Fsp3) is 0.500. The van der Waals surface area contributed by atoms with Gasteiger partial charge in [0, 0.05) is 18.3 Å². The van der Waals surface area contributed by atoms with Crippen LogP contribution in [-0.2, 0) is 6.54 Å². The van der Waals surface area contributed by atoms with Crippen molar-refractivity contribution in [1.29, 1.82) is 0 Å². The van der Waals surface area contributed by atoms with Gasteiger partial charge >= 0.3 is 0 Å². The molecule has 1 aliphatic carbocycles. The van der Waals surface area contributed by atoms with Crippen molar-refractivity contribution >= 4 is 5.69 Å². The summed E-state index contributed by atoms with van der Waals surface area (Å²) < 4.78 is 0. The van der Waals surface area contributed by atoms with Crippen LogP contribution in [0.5, 0.6) is 0 Å². The second-order valence-corrected chi connectivity index (χ2v) is 4.57. The lowest BCUT2D eigenvalue weighted by Crippen LogP contribution is -2.56. The summed E-state index contributed by atoms with van der Waals surface area (Å²) >= 11 is 0. The molecule has 1 saturated carbocycles. The van der Waals surface area contributed by atoms with Gasteiger partial charge < -0.3 is 16.2 Å². The molecule has 3 nitrogen and oxygen atoms in total. The van der Waals surface area contributed by atoms with Crippen LogP contribution in [0.15, 0.2) is 24.3 Å². The monoisotopic (exact) mass is 206 g/mol. The molecule has 2 atom stereocenters. The maximum Gasteiger partial charge on any atom is 0.0772 e. The van der Waals surface area contributed by atoms with E-state index in [0.29, 0.717) is 0 Å². The van der Waals surface area contributed by atoms with E-state index in [1.807, 2.05) is 31.2 Å². The lowest BCUT2D eigenvalue weighted by molar-refractivity contribution is -0.0523. The quantitative estimate of drug-likeness (QED) is 0.653. The third-order valence-electron chi connectivity index (χ3n) is 3.22. The van der Waals surface area contributed by atoms with Crippen LogP contribution in [0.4, 0.5) is 5.69 Å². The Morgan fingerprint density at radius 2 is 2.13 bits per heavy atom. The SMILES string of the molecule is C[C@]1(O)CC[C@@H]1NCc1ccc(N)cc1. The molecule has 0 radical (unpaired) electrons. The van der Waals surface area contributed by atoms with Gasteiger partial charge in [0.15, 0.2) is 0 Å². The van der Waals surface area contributed by atoms with E-state index in [9.17, 15) is 5.11 Å². The molecule has 0 unspecified atom stereocenters. The Labute approximate surface area is 90.3 Å². The Hall–Kier alpha value is -1.06. The highest BCUT2D eigenvalue weighted by molar-refractivity contribution is 5.39. The van der Waals surface area contributed by atoms with Gasteiger partial charge in [-0.2, -0.15) is 0 Å². The van der Waals surface area contributed by atoms with Gasteiger partial charge in [0.05, 0.1) is 5.60 Å². The maximum absolute atomic E-state index is 9.81. The van der Waals surface area contributed by atoms with Gasteiger partial charge in [0.2, 0.25) is 0 Å². The van der Waals surface area contributed by atoms with Crippen molar-refractivity contribution in [3.8, 4) is 0 Å². The maximum atomic E-state index is 9.81. The number of nitrogens with one attached hydrogen (secondary N) is 1. The average Bonchev–Trinajstić information content (AvgIpc) is 2.20. The molecule has 15 heavy (non-hydrogen) atoms. The van der Waals surface area contributed by atoms with Crippen molar-refractivity contribution in [3.05, 3.63) is 29.8 Å². The van der Waals surface area contributed by atoms with E-state index in [2.05, 4.69) is 5.32 Å². The fourth-order valence-electron chi connectivity index (χ4n) is 1.90. The summed E-state index contributed by atoms with van der Waals surface area (Å²) in [6, 6.07) is 8.05. The third-order valence-corrected chi connectivity index (χ3v) is 3.22. The van der Waals surface area contributed by atoms with Gasteiger partial charge in [-0.25, -0.2) is 0 Å². The van der Waals surface area contributed by atoms with Crippen LogP contribution in [0.3, 0.4) is 0 Å². The number of hydrogen-bond acceptors (Lipinski definition) is 3. The molecule has 0 aromatic heterocycles. The van der Waals surface area contributed by atoms with Crippen LogP contribution >= 0.6 is 0 Å². The minimum absolute atomic E-state index is 0.232. The van der Waals surface area contributed by atoms with Crippen molar-refractivity contribution in [2.75, 3.05) is 5.73 Å². The highest BCUT2D eigenvalue weighted by atomic mass is 16.3. The van der Waals surface area contributed by atoms with Gasteiger partial charge in [0.25, 0.3) is 0 Å². The molecule has 3 heteroatoms. The number of benzene rings is 1. The topological polar surface area (TPSA) is 58.3 Å². The second-order valence-electron chi connectivity index (χ2n) is 4.57. The number of anilines is 1. The van der Waals surface area contributed by atoms with E-state index < -0.39 is 5.60 Å². The summed E-state index contributed by atoms with van der Waals surface area (Å²) in [7, 11) is 0. The van der Waals surface area contributed by atoms with E-state index in [0.717, 1.165) is 25.1 Å². The summed E-state index contributed by atoms with van der Waals surface area (Å²) in [5.74, 6) is 0. The Bertz CT molecular complexity index is 332. The molecule has 0 aliphatic heterocycles. The molecule has 0 heterocycles. The van der Waals surface area contributed by atoms with E-state index >= 15 is 0 Å². The number of aliphatic hydroxyl groups is 1. The van der Waals surface area contributed by atoms with Crippen molar-refractivity contribution in [2.45, 2.75) is 38.0 Å². The van der Waals surface area contributed by atoms with Crippen molar-refractivity contribution in [3.63, 3.8) is 0 Å². The largest absolute Gasteiger partial charge is 0.399 e. The second kappa shape index (κ2) is 3.83. The first kappa shape index (κ1) is 10.5. The van der Waals surface area contributed by atoms with Gasteiger partial charge in [-0.3, -0.25) is 0 Å². The van der Waals surface area contributed by atoms with Crippen LogP contribution in [-0.4, -0.2) is 16.7 Å². The number of nitrogens with two attached hydrogens (primary N) is 1. The van der Waals surface area contributed by atoms with Crippen LogP contribution in [0.2, 0.25) is 0 Å². The molecule has 1 fully saturated rings. The molecular weight excluding hydrogens is 188 g/mol. The van der Waals surface area contributed by atoms with Crippen LogP contribution < -0.4 is 11.1 Å². The van der Waals surface area contributed by atoms with E-state index in [1.54, 1.807) is 0 Å². The zero-order valence-electron chi connectivity index (χ0n) is 9.03. The van der Waals surface area contributed by atoms with E-state index in [1.165, 1.54) is 5.56 Å². The fourth-order valence-corrected chi connectivity index (χ4v) is 1.90. The molecule has 1 aliphatic rings. The first-order valence-electron chi connectivity index (χ1n) is 5.38. The predicted molar refractivity (Wildman–Crippen MR) is 61.3 cm³/mol. The highest BCUT2D eigenvalue weighted by Crippen LogP contribution is 2.31. The normalized spacial score (nSPS) is 29.9. The van der Waals surface area contributed by atoms with Crippen molar-refractivity contribution < 1.29 is 5.11 Å². The van der Waals surface area contributed by atoms with Gasteiger partial charge in [0.1, 0.15) is 0 Å². The minimum Gasteiger partial charge on any atom is -0.399 e.